The third-order valence-electron chi connectivity index (χ3n) is 5.22. The average molecular weight is 350 g/mol. The third kappa shape index (κ3) is 2.65. The number of piperazine rings is 1. The minimum atomic E-state index is 0.648. The molecule has 1 aliphatic heterocycles. The van der Waals surface area contributed by atoms with Crippen molar-refractivity contribution in [3.05, 3.63) is 30.2 Å². The van der Waals surface area contributed by atoms with Crippen molar-refractivity contribution >= 4 is 22.8 Å². The van der Waals surface area contributed by atoms with Crippen LogP contribution in [-0.4, -0.2) is 55.7 Å². The van der Waals surface area contributed by atoms with Gasteiger partial charge in [-0.25, -0.2) is 24.9 Å². The molecule has 0 N–H and O–H groups in total. The second-order valence-electron chi connectivity index (χ2n) is 7.17. The molecule has 1 aliphatic carbocycles. The van der Waals surface area contributed by atoms with E-state index < -0.39 is 0 Å². The van der Waals surface area contributed by atoms with E-state index in [9.17, 15) is 0 Å². The lowest BCUT2D eigenvalue weighted by molar-refractivity contribution is 0.640. The van der Waals surface area contributed by atoms with E-state index in [2.05, 4.69) is 40.8 Å². The molecule has 26 heavy (non-hydrogen) atoms. The number of aromatic nitrogens is 6. The van der Waals surface area contributed by atoms with Crippen molar-refractivity contribution in [1.29, 1.82) is 0 Å². The molecule has 1 saturated carbocycles. The van der Waals surface area contributed by atoms with Crippen LogP contribution in [0.1, 0.15) is 30.3 Å². The molecule has 0 spiro atoms. The molecule has 2 fully saturated rings. The highest BCUT2D eigenvalue weighted by atomic mass is 15.3. The molecule has 1 saturated heterocycles. The standard InChI is InChI=1S/C18H22N8/c1-12-22-14(13-3-4-13)9-15(23-12)25-5-7-26(8-6-25)18-16-17(19-10-20-18)24(2)11-21-16/h9-11,13H,3-8H2,1-2H3. The number of hydrogen-bond donors (Lipinski definition) is 0. The fraction of sp³-hybridized carbons (Fsp3) is 0.500. The van der Waals surface area contributed by atoms with Crippen molar-refractivity contribution in [3.8, 4) is 0 Å². The molecule has 134 valence electrons. The summed E-state index contributed by atoms with van der Waals surface area (Å²) in [6.07, 6.45) is 5.94. The first-order valence-electron chi connectivity index (χ1n) is 9.16. The molecule has 0 unspecified atom stereocenters. The minimum Gasteiger partial charge on any atom is -0.353 e. The predicted molar refractivity (Wildman–Crippen MR) is 99.5 cm³/mol. The Labute approximate surface area is 151 Å². The molecule has 3 aromatic rings. The number of hydrogen-bond acceptors (Lipinski definition) is 7. The van der Waals surface area contributed by atoms with Crippen molar-refractivity contribution in [1.82, 2.24) is 29.5 Å². The monoisotopic (exact) mass is 350 g/mol. The Morgan fingerprint density at radius 2 is 1.73 bits per heavy atom. The van der Waals surface area contributed by atoms with Crippen molar-refractivity contribution in [3.63, 3.8) is 0 Å². The largest absolute Gasteiger partial charge is 0.353 e. The van der Waals surface area contributed by atoms with E-state index in [0.717, 1.165) is 54.8 Å². The summed E-state index contributed by atoms with van der Waals surface area (Å²) in [6, 6.07) is 2.18. The van der Waals surface area contributed by atoms with E-state index >= 15 is 0 Å². The Balaban J connectivity index is 1.36. The second-order valence-corrected chi connectivity index (χ2v) is 7.17. The highest BCUT2D eigenvalue weighted by Gasteiger charge is 2.27. The fourth-order valence-corrected chi connectivity index (χ4v) is 3.64. The van der Waals surface area contributed by atoms with Crippen LogP contribution >= 0.6 is 0 Å². The van der Waals surface area contributed by atoms with E-state index in [1.165, 1.54) is 18.5 Å². The first kappa shape index (κ1) is 15.5. The lowest BCUT2D eigenvalue weighted by atomic mass is 10.2. The topological polar surface area (TPSA) is 75.9 Å². The molecule has 3 aromatic heterocycles. The molecular formula is C18H22N8. The van der Waals surface area contributed by atoms with Crippen LogP contribution in [0, 0.1) is 6.92 Å². The summed E-state index contributed by atoms with van der Waals surface area (Å²) in [5, 5.41) is 0. The van der Waals surface area contributed by atoms with Crippen LogP contribution in [0.4, 0.5) is 11.6 Å². The van der Waals surface area contributed by atoms with Gasteiger partial charge in [0.1, 0.15) is 18.0 Å². The van der Waals surface area contributed by atoms with Crippen LogP contribution < -0.4 is 9.80 Å². The van der Waals surface area contributed by atoms with Gasteiger partial charge in [0.2, 0.25) is 0 Å². The van der Waals surface area contributed by atoms with E-state index in [-0.39, 0.29) is 0 Å². The van der Waals surface area contributed by atoms with Crippen molar-refractivity contribution in [2.75, 3.05) is 36.0 Å². The van der Waals surface area contributed by atoms with Crippen LogP contribution in [-0.2, 0) is 7.05 Å². The molecule has 0 bridgehead atoms. The molecule has 0 atom stereocenters. The highest BCUT2D eigenvalue weighted by Crippen LogP contribution is 2.39. The van der Waals surface area contributed by atoms with Gasteiger partial charge in [-0.05, 0) is 19.8 Å². The van der Waals surface area contributed by atoms with Crippen molar-refractivity contribution in [2.45, 2.75) is 25.7 Å². The van der Waals surface area contributed by atoms with Gasteiger partial charge in [0.05, 0.1) is 6.33 Å². The number of imidazole rings is 1. The Kier molecular flexibility index (Phi) is 3.51. The third-order valence-corrected chi connectivity index (χ3v) is 5.22. The van der Waals surface area contributed by atoms with Crippen molar-refractivity contribution < 1.29 is 0 Å². The predicted octanol–water partition coefficient (Wildman–Crippen LogP) is 1.67. The lowest BCUT2D eigenvalue weighted by Gasteiger charge is -2.36. The first-order chi connectivity index (χ1) is 12.7. The van der Waals surface area contributed by atoms with Crippen molar-refractivity contribution in [2.24, 2.45) is 7.05 Å². The van der Waals surface area contributed by atoms with Gasteiger partial charge in [0.15, 0.2) is 17.0 Å². The van der Waals surface area contributed by atoms with Gasteiger partial charge >= 0.3 is 0 Å². The summed E-state index contributed by atoms with van der Waals surface area (Å²) in [5.74, 6) is 3.51. The van der Waals surface area contributed by atoms with Crippen LogP contribution in [0.2, 0.25) is 0 Å². The van der Waals surface area contributed by atoms with E-state index in [1.54, 1.807) is 12.7 Å². The normalized spacial score (nSPS) is 17.9. The summed E-state index contributed by atoms with van der Waals surface area (Å²) < 4.78 is 1.93. The van der Waals surface area contributed by atoms with Crippen LogP contribution in [0.5, 0.6) is 0 Å². The molecule has 0 aromatic carbocycles. The summed E-state index contributed by atoms with van der Waals surface area (Å²) in [4.78, 5) is 27.3. The van der Waals surface area contributed by atoms with Gasteiger partial charge < -0.3 is 14.4 Å². The van der Waals surface area contributed by atoms with E-state index in [4.69, 9.17) is 0 Å². The van der Waals surface area contributed by atoms with E-state index in [1.807, 2.05) is 18.5 Å². The fourth-order valence-electron chi connectivity index (χ4n) is 3.64. The molecule has 0 amide bonds. The van der Waals surface area contributed by atoms with Gasteiger partial charge in [-0.15, -0.1) is 0 Å². The van der Waals surface area contributed by atoms with Gasteiger partial charge in [-0.2, -0.15) is 0 Å². The van der Waals surface area contributed by atoms with Gasteiger partial charge in [0, 0.05) is 50.9 Å². The Morgan fingerprint density at radius 1 is 0.962 bits per heavy atom. The maximum Gasteiger partial charge on any atom is 0.165 e. The average Bonchev–Trinajstić information content (AvgIpc) is 3.45. The summed E-state index contributed by atoms with van der Waals surface area (Å²) >= 11 is 0. The zero-order valence-corrected chi connectivity index (χ0v) is 15.1. The minimum absolute atomic E-state index is 0.648. The molecular weight excluding hydrogens is 328 g/mol. The summed E-state index contributed by atoms with van der Waals surface area (Å²) in [5.41, 5.74) is 2.95. The number of anilines is 2. The SMILES string of the molecule is Cc1nc(C2CC2)cc(N2CCN(c3ncnc4c3ncn4C)CC2)n1. The van der Waals surface area contributed by atoms with Gasteiger partial charge in [0.25, 0.3) is 0 Å². The first-order valence-corrected chi connectivity index (χ1v) is 9.16. The van der Waals surface area contributed by atoms with Crippen LogP contribution in [0.25, 0.3) is 11.2 Å². The number of nitrogens with zero attached hydrogens (tertiary/aromatic N) is 8. The van der Waals surface area contributed by atoms with Crippen LogP contribution in [0.15, 0.2) is 18.7 Å². The molecule has 8 heteroatoms. The molecule has 0 radical (unpaired) electrons. The molecule has 5 rings (SSSR count). The number of aryl methyl sites for hydroxylation is 2. The van der Waals surface area contributed by atoms with Gasteiger partial charge in [-0.1, -0.05) is 0 Å². The molecule has 2 aliphatic rings. The Bertz CT molecular complexity index is 953. The Morgan fingerprint density at radius 3 is 2.50 bits per heavy atom. The lowest BCUT2D eigenvalue weighted by Crippen LogP contribution is -2.47. The maximum atomic E-state index is 4.67. The van der Waals surface area contributed by atoms with Gasteiger partial charge in [-0.3, -0.25) is 0 Å². The van der Waals surface area contributed by atoms with Crippen LogP contribution in [0.3, 0.4) is 0 Å². The zero-order chi connectivity index (χ0) is 17.7. The number of fused-ring (bicyclic) bond motifs is 1. The Hall–Kier alpha value is -2.77. The summed E-state index contributed by atoms with van der Waals surface area (Å²) in [7, 11) is 1.96. The zero-order valence-electron chi connectivity index (χ0n) is 15.1. The quantitative estimate of drug-likeness (QED) is 0.711. The molecule has 8 nitrogen and oxygen atoms in total. The summed E-state index contributed by atoms with van der Waals surface area (Å²) in [6.45, 7) is 5.61. The smallest absolute Gasteiger partial charge is 0.165 e. The number of rotatable bonds is 3. The maximum absolute atomic E-state index is 4.67. The molecule has 4 heterocycles. The highest BCUT2D eigenvalue weighted by molar-refractivity contribution is 5.83. The van der Waals surface area contributed by atoms with E-state index in [0.29, 0.717) is 5.92 Å². The second kappa shape index (κ2) is 5.89.